The highest BCUT2D eigenvalue weighted by Crippen LogP contribution is 2.23. The average molecular weight is 258 g/mol. The van der Waals surface area contributed by atoms with Crippen LogP contribution in [-0.4, -0.2) is 23.1 Å². The van der Waals surface area contributed by atoms with Gasteiger partial charge in [0.2, 0.25) is 0 Å². The zero-order chi connectivity index (χ0) is 13.8. The van der Waals surface area contributed by atoms with Gasteiger partial charge in [-0.3, -0.25) is 4.79 Å². The third-order valence-electron chi connectivity index (χ3n) is 2.61. The molecule has 1 aromatic heterocycles. The summed E-state index contributed by atoms with van der Waals surface area (Å²) in [4.78, 5) is 16.1. The van der Waals surface area contributed by atoms with E-state index in [0.29, 0.717) is 11.6 Å². The number of anilines is 1. The molecule has 2 rings (SSSR count). The van der Waals surface area contributed by atoms with E-state index in [2.05, 4.69) is 10.3 Å². The van der Waals surface area contributed by atoms with Crippen molar-refractivity contribution in [3.8, 4) is 11.5 Å². The number of aryl methyl sites for hydroxylation is 1. The van der Waals surface area contributed by atoms with Crippen LogP contribution in [0.15, 0.2) is 36.5 Å². The molecule has 0 bridgehead atoms. The normalized spacial score (nSPS) is 10.0. The smallest absolute Gasteiger partial charge is 0.260 e. The Labute approximate surface area is 110 Å². The van der Waals surface area contributed by atoms with Crippen molar-refractivity contribution in [3.63, 3.8) is 0 Å². The molecule has 1 amide bonds. The molecule has 2 aromatic rings. The van der Waals surface area contributed by atoms with Crippen LogP contribution in [0.4, 0.5) is 5.82 Å². The highest BCUT2D eigenvalue weighted by molar-refractivity contribution is 6.05. The van der Waals surface area contributed by atoms with Crippen molar-refractivity contribution in [3.05, 3.63) is 47.7 Å². The molecular formula is C14H14N2O3. The number of methoxy groups -OCH3 is 1. The Kier molecular flexibility index (Phi) is 3.66. The predicted molar refractivity (Wildman–Crippen MR) is 71.6 cm³/mol. The topological polar surface area (TPSA) is 71.5 Å². The maximum Gasteiger partial charge on any atom is 0.260 e. The molecule has 2 N–H and O–H groups in total. The van der Waals surface area contributed by atoms with Gasteiger partial charge in [-0.25, -0.2) is 4.98 Å². The summed E-state index contributed by atoms with van der Waals surface area (Å²) in [5, 5.41) is 12.3. The van der Waals surface area contributed by atoms with Gasteiger partial charge in [-0.2, -0.15) is 0 Å². The minimum absolute atomic E-state index is 0.106. The summed E-state index contributed by atoms with van der Waals surface area (Å²) in [5.74, 6) is 0.396. The first-order valence-corrected chi connectivity index (χ1v) is 5.71. The minimum atomic E-state index is -0.436. The van der Waals surface area contributed by atoms with Gasteiger partial charge in [0.1, 0.15) is 17.3 Å². The number of carbonyl (C=O) groups excluding carboxylic acids is 1. The third kappa shape index (κ3) is 3.01. The molecule has 5 heteroatoms. The predicted octanol–water partition coefficient (Wildman–Crippen LogP) is 2.36. The Morgan fingerprint density at radius 3 is 2.79 bits per heavy atom. The highest BCUT2D eigenvalue weighted by atomic mass is 16.5. The minimum Gasteiger partial charge on any atom is -0.507 e. The van der Waals surface area contributed by atoms with E-state index in [-0.39, 0.29) is 11.3 Å². The van der Waals surface area contributed by atoms with Crippen LogP contribution in [0.3, 0.4) is 0 Å². The summed E-state index contributed by atoms with van der Waals surface area (Å²) in [5.41, 5.74) is 1.13. The summed E-state index contributed by atoms with van der Waals surface area (Å²) >= 11 is 0. The monoisotopic (exact) mass is 258 g/mol. The van der Waals surface area contributed by atoms with Gasteiger partial charge in [0.05, 0.1) is 12.7 Å². The lowest BCUT2D eigenvalue weighted by molar-refractivity contribution is 0.102. The lowest BCUT2D eigenvalue weighted by Gasteiger charge is -2.08. The molecule has 1 aromatic carbocycles. The number of benzene rings is 1. The van der Waals surface area contributed by atoms with Crippen molar-refractivity contribution in [2.24, 2.45) is 0 Å². The van der Waals surface area contributed by atoms with Gasteiger partial charge >= 0.3 is 0 Å². The second-order valence-corrected chi connectivity index (χ2v) is 4.06. The average Bonchev–Trinajstić information content (AvgIpc) is 2.39. The van der Waals surface area contributed by atoms with E-state index in [4.69, 9.17) is 4.74 Å². The molecule has 98 valence electrons. The van der Waals surface area contributed by atoms with E-state index in [9.17, 15) is 9.90 Å². The lowest BCUT2D eigenvalue weighted by Crippen LogP contribution is -2.13. The fraction of sp³-hybridized carbons (Fsp3) is 0.143. The number of phenolic OH excluding ortho intramolecular Hbond substituents is 1. The molecule has 19 heavy (non-hydrogen) atoms. The Morgan fingerprint density at radius 1 is 1.32 bits per heavy atom. The molecule has 0 aliphatic heterocycles. The molecule has 0 aliphatic rings. The second-order valence-electron chi connectivity index (χ2n) is 4.06. The molecule has 0 saturated carbocycles. The molecule has 1 heterocycles. The summed E-state index contributed by atoms with van der Waals surface area (Å²) in [6, 6.07) is 8.04. The number of aromatic hydroxyl groups is 1. The van der Waals surface area contributed by atoms with Gasteiger partial charge in [-0.05, 0) is 42.8 Å². The zero-order valence-corrected chi connectivity index (χ0v) is 10.7. The summed E-state index contributed by atoms with van der Waals surface area (Å²) in [7, 11) is 1.50. The standard InChI is InChI=1S/C14H14N2O3/c1-9-5-6-15-13(7-9)16-14(18)11-8-10(19-2)3-4-12(11)17/h3-8,17H,1-2H3,(H,15,16,18). The first kappa shape index (κ1) is 12.9. The van der Waals surface area contributed by atoms with Crippen molar-refractivity contribution >= 4 is 11.7 Å². The Hall–Kier alpha value is -2.56. The first-order chi connectivity index (χ1) is 9.10. The number of amides is 1. The van der Waals surface area contributed by atoms with Crippen molar-refractivity contribution in [2.75, 3.05) is 12.4 Å². The molecule has 0 fully saturated rings. The van der Waals surface area contributed by atoms with Gasteiger partial charge < -0.3 is 15.2 Å². The van der Waals surface area contributed by atoms with Crippen molar-refractivity contribution in [2.45, 2.75) is 6.92 Å². The highest BCUT2D eigenvalue weighted by Gasteiger charge is 2.13. The van der Waals surface area contributed by atoms with Crippen molar-refractivity contribution < 1.29 is 14.6 Å². The van der Waals surface area contributed by atoms with Crippen molar-refractivity contribution in [1.82, 2.24) is 4.98 Å². The summed E-state index contributed by atoms with van der Waals surface area (Å²) in [6.07, 6.45) is 1.61. The number of hydrogen-bond acceptors (Lipinski definition) is 4. The lowest BCUT2D eigenvalue weighted by atomic mass is 10.1. The number of nitrogens with zero attached hydrogens (tertiary/aromatic N) is 1. The van der Waals surface area contributed by atoms with Crippen LogP contribution >= 0.6 is 0 Å². The maximum absolute atomic E-state index is 12.0. The van der Waals surface area contributed by atoms with Crippen LogP contribution in [-0.2, 0) is 0 Å². The fourth-order valence-corrected chi connectivity index (χ4v) is 1.61. The van der Waals surface area contributed by atoms with Gasteiger partial charge in [0, 0.05) is 6.20 Å². The molecule has 0 aliphatic carbocycles. The number of aromatic nitrogens is 1. The third-order valence-corrected chi connectivity index (χ3v) is 2.61. The number of rotatable bonds is 3. The number of pyridine rings is 1. The van der Waals surface area contributed by atoms with Crippen LogP contribution in [0, 0.1) is 6.92 Å². The van der Waals surface area contributed by atoms with E-state index >= 15 is 0 Å². The van der Waals surface area contributed by atoms with E-state index in [1.807, 2.05) is 13.0 Å². The van der Waals surface area contributed by atoms with Crippen LogP contribution in [0.1, 0.15) is 15.9 Å². The van der Waals surface area contributed by atoms with E-state index in [1.54, 1.807) is 18.3 Å². The molecule has 0 unspecified atom stereocenters. The quantitative estimate of drug-likeness (QED) is 0.886. The van der Waals surface area contributed by atoms with Crippen molar-refractivity contribution in [1.29, 1.82) is 0 Å². The second kappa shape index (κ2) is 5.39. The Balaban J connectivity index is 2.25. The molecule has 5 nitrogen and oxygen atoms in total. The molecule has 0 atom stereocenters. The summed E-state index contributed by atoms with van der Waals surface area (Å²) in [6.45, 7) is 1.90. The zero-order valence-electron chi connectivity index (χ0n) is 10.7. The van der Waals surface area contributed by atoms with E-state index in [1.165, 1.54) is 19.2 Å². The SMILES string of the molecule is COc1ccc(O)c(C(=O)Nc2cc(C)ccn2)c1. The van der Waals surface area contributed by atoms with Crippen LogP contribution in [0.5, 0.6) is 11.5 Å². The maximum atomic E-state index is 12.0. The molecule has 0 saturated heterocycles. The number of carbonyl (C=O) groups is 1. The Morgan fingerprint density at radius 2 is 2.11 bits per heavy atom. The number of nitrogens with one attached hydrogen (secondary N) is 1. The Bertz CT molecular complexity index is 611. The van der Waals surface area contributed by atoms with Gasteiger partial charge in [-0.1, -0.05) is 0 Å². The largest absolute Gasteiger partial charge is 0.507 e. The van der Waals surface area contributed by atoms with E-state index in [0.717, 1.165) is 5.56 Å². The van der Waals surface area contributed by atoms with Gasteiger partial charge in [-0.15, -0.1) is 0 Å². The molecular weight excluding hydrogens is 244 g/mol. The molecule has 0 spiro atoms. The van der Waals surface area contributed by atoms with Crippen LogP contribution < -0.4 is 10.1 Å². The first-order valence-electron chi connectivity index (χ1n) is 5.71. The van der Waals surface area contributed by atoms with Crippen LogP contribution in [0.2, 0.25) is 0 Å². The number of phenols is 1. The number of ether oxygens (including phenoxy) is 1. The van der Waals surface area contributed by atoms with Gasteiger partial charge in [0.25, 0.3) is 5.91 Å². The fourth-order valence-electron chi connectivity index (χ4n) is 1.61. The van der Waals surface area contributed by atoms with Crippen LogP contribution in [0.25, 0.3) is 0 Å². The van der Waals surface area contributed by atoms with Gasteiger partial charge in [0.15, 0.2) is 0 Å². The number of hydrogen-bond donors (Lipinski definition) is 2. The summed E-state index contributed by atoms with van der Waals surface area (Å²) < 4.78 is 5.02. The van der Waals surface area contributed by atoms with E-state index < -0.39 is 5.91 Å². The molecule has 0 radical (unpaired) electrons.